The fourth-order valence-corrected chi connectivity index (χ4v) is 5.89. The van der Waals surface area contributed by atoms with Crippen LogP contribution in [0.5, 0.6) is 0 Å². The molecule has 0 radical (unpaired) electrons. The summed E-state index contributed by atoms with van der Waals surface area (Å²) in [5, 5.41) is 11.2. The van der Waals surface area contributed by atoms with Gasteiger partial charge in [0.25, 0.3) is 11.8 Å². The summed E-state index contributed by atoms with van der Waals surface area (Å²) in [7, 11) is 0. The molecule has 5 nitrogen and oxygen atoms in total. The number of benzene rings is 1. The Morgan fingerprint density at radius 1 is 1.05 bits per heavy atom. The molecule has 1 aromatic carbocycles. The topological polar surface area (TPSA) is 77.5 Å². The van der Waals surface area contributed by atoms with Crippen LogP contribution in [-0.2, 0) is 9.59 Å². The van der Waals surface area contributed by atoms with E-state index < -0.39 is 17.8 Å². The van der Waals surface area contributed by atoms with Crippen molar-refractivity contribution in [2.75, 3.05) is 4.90 Å². The first-order chi connectivity index (χ1) is 8.84. The minimum atomic E-state index is -1.33. The summed E-state index contributed by atoms with van der Waals surface area (Å²) < 4.78 is 1.45. The van der Waals surface area contributed by atoms with E-state index in [1.165, 1.54) is 0 Å². The molecule has 2 rings (SSSR count). The van der Waals surface area contributed by atoms with Crippen molar-refractivity contribution in [1.82, 2.24) is 0 Å². The van der Waals surface area contributed by atoms with Crippen molar-refractivity contribution in [1.29, 1.82) is 0 Å². The maximum absolute atomic E-state index is 11.7. The lowest BCUT2D eigenvalue weighted by Crippen LogP contribution is -2.33. The van der Waals surface area contributed by atoms with Crippen molar-refractivity contribution >= 4 is 91.2 Å². The normalized spacial score (nSPS) is 14.4. The molecule has 0 fully saturated rings. The molecule has 0 aliphatic carbocycles. The zero-order valence-electron chi connectivity index (χ0n) is 8.95. The van der Waals surface area contributed by atoms with Gasteiger partial charge in [0.05, 0.1) is 11.7 Å². The Morgan fingerprint density at radius 3 is 2.05 bits per heavy atom. The SMILES string of the molecule is O=C([O-])c1c(I)cc(I)c(N2C(=O)C=CC2=O)c1I. The maximum Gasteiger partial charge on any atom is 0.258 e. The highest BCUT2D eigenvalue weighted by atomic mass is 127. The number of carbonyl (C=O) groups is 3. The molecule has 98 valence electrons. The van der Waals surface area contributed by atoms with Gasteiger partial charge in [-0.1, -0.05) is 0 Å². The van der Waals surface area contributed by atoms with E-state index in [9.17, 15) is 19.5 Å². The van der Waals surface area contributed by atoms with Gasteiger partial charge in [0.15, 0.2) is 0 Å². The molecule has 8 heteroatoms. The first-order valence-electron chi connectivity index (χ1n) is 4.79. The van der Waals surface area contributed by atoms with Crippen molar-refractivity contribution in [2.24, 2.45) is 0 Å². The molecule has 0 atom stereocenters. The zero-order chi connectivity index (χ0) is 14.3. The Kier molecular flexibility index (Phi) is 4.49. The fourth-order valence-electron chi connectivity index (χ4n) is 1.59. The molecule has 1 aliphatic heterocycles. The van der Waals surface area contributed by atoms with E-state index in [0.29, 0.717) is 16.4 Å². The Labute approximate surface area is 148 Å². The number of hydrogen-bond acceptors (Lipinski definition) is 4. The van der Waals surface area contributed by atoms with Gasteiger partial charge in [-0.15, -0.1) is 0 Å². The smallest absolute Gasteiger partial charge is 0.258 e. The van der Waals surface area contributed by atoms with Crippen LogP contribution in [0.15, 0.2) is 18.2 Å². The molecule has 19 heavy (non-hydrogen) atoms. The Bertz CT molecular complexity index is 636. The van der Waals surface area contributed by atoms with Gasteiger partial charge >= 0.3 is 0 Å². The highest BCUT2D eigenvalue weighted by molar-refractivity contribution is 14.1. The molecule has 1 aliphatic rings. The molecule has 0 unspecified atom stereocenters. The van der Waals surface area contributed by atoms with Gasteiger partial charge in [-0.3, -0.25) is 9.59 Å². The molecule has 1 aromatic rings. The minimum absolute atomic E-state index is 0.0101. The number of carboxylic acid groups (broad SMARTS) is 1. The Hall–Kier alpha value is -0.240. The van der Waals surface area contributed by atoms with Crippen LogP contribution in [0.4, 0.5) is 5.69 Å². The number of nitrogens with zero attached hydrogens (tertiary/aromatic N) is 1. The van der Waals surface area contributed by atoms with Gasteiger partial charge in [-0.25, -0.2) is 4.90 Å². The lowest BCUT2D eigenvalue weighted by atomic mass is 10.2. The molecule has 0 N–H and O–H groups in total. The summed E-state index contributed by atoms with van der Waals surface area (Å²) in [6.07, 6.45) is 2.32. The van der Waals surface area contributed by atoms with E-state index in [4.69, 9.17) is 0 Å². The van der Waals surface area contributed by atoms with Gasteiger partial charge in [-0.05, 0) is 73.8 Å². The van der Waals surface area contributed by atoms with Crippen LogP contribution in [0.1, 0.15) is 10.4 Å². The van der Waals surface area contributed by atoms with Crippen LogP contribution in [0, 0.1) is 10.7 Å². The Balaban J connectivity index is 2.71. The average Bonchev–Trinajstić information content (AvgIpc) is 2.59. The van der Waals surface area contributed by atoms with E-state index in [1.807, 2.05) is 67.8 Å². The lowest BCUT2D eigenvalue weighted by molar-refractivity contribution is -0.255. The van der Waals surface area contributed by atoms with Crippen molar-refractivity contribution in [3.63, 3.8) is 0 Å². The maximum atomic E-state index is 11.7. The van der Waals surface area contributed by atoms with Crippen LogP contribution < -0.4 is 10.0 Å². The summed E-state index contributed by atoms with van der Waals surface area (Å²) >= 11 is 5.66. The number of imide groups is 1. The van der Waals surface area contributed by atoms with Crippen LogP contribution >= 0.6 is 67.8 Å². The number of amides is 2. The molecule has 0 aromatic heterocycles. The van der Waals surface area contributed by atoms with Gasteiger partial charge in [0.2, 0.25) is 0 Å². The van der Waals surface area contributed by atoms with E-state index in [2.05, 4.69) is 0 Å². The van der Waals surface area contributed by atoms with Crippen LogP contribution in [0.2, 0.25) is 0 Å². The molecule has 0 saturated heterocycles. The average molecular weight is 594 g/mol. The Morgan fingerprint density at radius 2 is 1.58 bits per heavy atom. The van der Waals surface area contributed by atoms with Crippen molar-refractivity contribution in [3.8, 4) is 0 Å². The first-order valence-corrected chi connectivity index (χ1v) is 8.03. The fraction of sp³-hybridized carbons (Fsp3) is 0. The minimum Gasteiger partial charge on any atom is -0.545 e. The van der Waals surface area contributed by atoms with Crippen LogP contribution in [0.3, 0.4) is 0 Å². The van der Waals surface area contributed by atoms with E-state index >= 15 is 0 Å². The zero-order valence-corrected chi connectivity index (χ0v) is 15.4. The van der Waals surface area contributed by atoms with Gasteiger partial charge in [-0.2, -0.15) is 0 Å². The third-order valence-electron chi connectivity index (χ3n) is 2.38. The second-order valence-corrected chi connectivity index (χ2v) is 6.91. The van der Waals surface area contributed by atoms with Crippen molar-refractivity contribution < 1.29 is 19.5 Å². The largest absolute Gasteiger partial charge is 0.545 e. The third-order valence-corrected chi connectivity index (χ3v) is 5.11. The van der Waals surface area contributed by atoms with E-state index in [-0.39, 0.29) is 5.56 Å². The predicted octanol–water partition coefficient (Wildman–Crippen LogP) is 1.29. The third kappa shape index (κ3) is 2.66. The predicted molar refractivity (Wildman–Crippen MR) is 90.6 cm³/mol. The number of anilines is 1. The number of aromatic carboxylic acids is 1. The molecule has 2 amide bonds. The highest BCUT2D eigenvalue weighted by Gasteiger charge is 2.30. The van der Waals surface area contributed by atoms with E-state index in [0.717, 1.165) is 17.1 Å². The number of hydrogen-bond donors (Lipinski definition) is 0. The van der Waals surface area contributed by atoms with Gasteiger partial charge in [0.1, 0.15) is 0 Å². The second kappa shape index (κ2) is 5.63. The number of carbonyl (C=O) groups excluding carboxylic acids is 3. The molecule has 0 saturated carbocycles. The monoisotopic (exact) mass is 594 g/mol. The summed E-state index contributed by atoms with van der Waals surface area (Å²) in [6.45, 7) is 0. The number of halogens is 3. The van der Waals surface area contributed by atoms with Crippen molar-refractivity contribution in [3.05, 3.63) is 34.5 Å². The summed E-state index contributed by atoms with van der Waals surface area (Å²) in [5.74, 6) is -2.30. The van der Waals surface area contributed by atoms with Gasteiger partial charge < -0.3 is 9.90 Å². The van der Waals surface area contributed by atoms with Gasteiger partial charge in [0, 0.05) is 28.4 Å². The summed E-state index contributed by atoms with van der Waals surface area (Å²) in [6, 6.07) is 1.60. The number of carboxylic acids is 1. The molecule has 0 bridgehead atoms. The van der Waals surface area contributed by atoms with E-state index in [1.54, 1.807) is 6.07 Å². The quantitative estimate of drug-likeness (QED) is 0.383. The van der Waals surface area contributed by atoms with Crippen molar-refractivity contribution in [2.45, 2.75) is 0 Å². The summed E-state index contributed by atoms with van der Waals surface area (Å²) in [5.41, 5.74) is 0.282. The molecule has 1 heterocycles. The lowest BCUT2D eigenvalue weighted by Gasteiger charge is -2.21. The molecule has 0 spiro atoms. The number of rotatable bonds is 2. The highest BCUT2D eigenvalue weighted by Crippen LogP contribution is 2.35. The molecular weight excluding hydrogens is 591 g/mol. The molecular formula is C11H3I3NO4-. The van der Waals surface area contributed by atoms with Crippen LogP contribution in [0.25, 0.3) is 0 Å². The summed E-state index contributed by atoms with van der Waals surface area (Å²) in [4.78, 5) is 35.5. The second-order valence-electron chi connectivity index (χ2n) is 3.51. The standard InChI is InChI=1S/C11H4I3NO4/c12-4-3-5(13)10(9(14)8(4)11(18)19)15-6(16)1-2-7(15)17/h1-3H,(H,18,19)/p-1. The van der Waals surface area contributed by atoms with Crippen LogP contribution in [-0.4, -0.2) is 17.8 Å². The first kappa shape index (κ1) is 15.2.